The Labute approximate surface area is 177 Å². The van der Waals surface area contributed by atoms with Crippen molar-refractivity contribution >= 4 is 16.7 Å². The van der Waals surface area contributed by atoms with Crippen molar-refractivity contribution < 1.29 is 14.6 Å². The van der Waals surface area contributed by atoms with Crippen molar-refractivity contribution in [2.24, 2.45) is 0 Å². The van der Waals surface area contributed by atoms with Crippen molar-refractivity contribution in [3.8, 4) is 11.5 Å². The number of aliphatic hydroxyl groups excluding tert-OH is 1. The first kappa shape index (κ1) is 20.4. The van der Waals surface area contributed by atoms with Gasteiger partial charge in [0.25, 0.3) is 0 Å². The van der Waals surface area contributed by atoms with Gasteiger partial charge < -0.3 is 19.5 Å². The molecule has 1 aliphatic heterocycles. The van der Waals surface area contributed by atoms with Gasteiger partial charge in [0.2, 0.25) is 0 Å². The van der Waals surface area contributed by atoms with Gasteiger partial charge in [0.05, 0.1) is 12.6 Å². The van der Waals surface area contributed by atoms with Crippen LogP contribution in [0.4, 0.5) is 5.82 Å². The maximum Gasteiger partial charge on any atom is 0.161 e. The van der Waals surface area contributed by atoms with Crippen LogP contribution in [-0.2, 0) is 0 Å². The molecule has 1 atom stereocenters. The number of aryl methyl sites for hydroxylation is 1. The number of para-hydroxylation sites is 3. The topological polar surface area (TPSA) is 58.1 Å². The molecular weight excluding hydrogens is 378 g/mol. The van der Waals surface area contributed by atoms with Gasteiger partial charge in [-0.1, -0.05) is 30.3 Å². The second kappa shape index (κ2) is 9.32. The number of methoxy groups -OCH3 is 1. The monoisotopic (exact) mass is 407 g/mol. The van der Waals surface area contributed by atoms with Crippen molar-refractivity contribution in [3.63, 3.8) is 0 Å². The van der Waals surface area contributed by atoms with Gasteiger partial charge in [-0.05, 0) is 36.8 Å². The molecule has 1 aromatic heterocycles. The molecule has 1 fully saturated rings. The van der Waals surface area contributed by atoms with Gasteiger partial charge in [-0.15, -0.1) is 0 Å². The molecule has 0 unspecified atom stereocenters. The maximum absolute atomic E-state index is 10.4. The number of piperazine rings is 1. The van der Waals surface area contributed by atoms with Crippen LogP contribution >= 0.6 is 0 Å². The smallest absolute Gasteiger partial charge is 0.161 e. The first-order valence-corrected chi connectivity index (χ1v) is 10.4. The summed E-state index contributed by atoms with van der Waals surface area (Å²) in [6.45, 7) is 6.54. The molecule has 1 saturated heterocycles. The molecule has 1 aliphatic rings. The van der Waals surface area contributed by atoms with Gasteiger partial charge in [0.15, 0.2) is 11.5 Å². The number of fused-ring (bicyclic) bond motifs is 1. The maximum atomic E-state index is 10.4. The largest absolute Gasteiger partial charge is 0.493 e. The average Bonchev–Trinajstić information content (AvgIpc) is 2.78. The second-order valence-electron chi connectivity index (χ2n) is 7.72. The Bertz CT molecular complexity index is 986. The molecule has 158 valence electrons. The van der Waals surface area contributed by atoms with E-state index in [1.807, 2.05) is 30.3 Å². The zero-order valence-corrected chi connectivity index (χ0v) is 17.6. The number of rotatable bonds is 7. The van der Waals surface area contributed by atoms with E-state index < -0.39 is 6.10 Å². The van der Waals surface area contributed by atoms with Crippen molar-refractivity contribution in [2.45, 2.75) is 13.0 Å². The predicted octanol–water partition coefficient (Wildman–Crippen LogP) is 3.11. The molecule has 4 rings (SSSR count). The zero-order chi connectivity index (χ0) is 20.9. The molecule has 0 aliphatic carbocycles. The number of aromatic nitrogens is 1. The summed E-state index contributed by atoms with van der Waals surface area (Å²) in [4.78, 5) is 9.46. The van der Waals surface area contributed by atoms with E-state index >= 15 is 0 Å². The first-order chi connectivity index (χ1) is 14.6. The van der Waals surface area contributed by atoms with Crippen molar-refractivity contribution in [1.82, 2.24) is 9.88 Å². The number of β-amino-alcohol motifs (C(OH)–C–C–N with tert-alkyl or cyclic N) is 1. The zero-order valence-electron chi connectivity index (χ0n) is 17.6. The van der Waals surface area contributed by atoms with Gasteiger partial charge in [-0.3, -0.25) is 4.90 Å². The Morgan fingerprint density at radius 2 is 1.70 bits per heavy atom. The predicted molar refractivity (Wildman–Crippen MR) is 120 cm³/mol. The molecule has 1 N–H and O–H groups in total. The number of nitrogens with zero attached hydrogens (tertiary/aromatic N) is 3. The van der Waals surface area contributed by atoms with E-state index in [0.717, 1.165) is 37.5 Å². The standard InChI is InChI=1S/C24H29N3O3/c1-18-15-24(25-21-8-4-3-7-20(18)21)27-13-11-26(12-14-27)16-19(28)17-30-23-10-6-5-9-22(23)29-2/h3-10,15,19,28H,11-14,16-17H2,1-2H3/t19-/m0/s1. The van der Waals surface area contributed by atoms with E-state index in [-0.39, 0.29) is 6.61 Å². The van der Waals surface area contributed by atoms with Crippen molar-refractivity contribution in [3.05, 3.63) is 60.2 Å². The highest BCUT2D eigenvalue weighted by Crippen LogP contribution is 2.26. The SMILES string of the molecule is COc1ccccc1OC[C@@H](O)CN1CCN(c2cc(C)c3ccccc3n2)CC1. The van der Waals surface area contributed by atoms with Crippen LogP contribution in [0.2, 0.25) is 0 Å². The van der Waals surface area contributed by atoms with Gasteiger partial charge in [-0.2, -0.15) is 0 Å². The Kier molecular flexibility index (Phi) is 6.35. The molecule has 6 heteroatoms. The summed E-state index contributed by atoms with van der Waals surface area (Å²) in [5.74, 6) is 2.36. The van der Waals surface area contributed by atoms with Gasteiger partial charge in [0, 0.05) is 38.1 Å². The first-order valence-electron chi connectivity index (χ1n) is 10.4. The molecule has 0 saturated carbocycles. The molecular formula is C24H29N3O3. The third-order valence-electron chi connectivity index (χ3n) is 5.58. The van der Waals surface area contributed by atoms with Crippen LogP contribution in [0.1, 0.15) is 5.56 Å². The Morgan fingerprint density at radius 1 is 1.00 bits per heavy atom. The molecule has 0 bridgehead atoms. The van der Waals surface area contributed by atoms with Crippen LogP contribution in [0.5, 0.6) is 11.5 Å². The third kappa shape index (κ3) is 4.66. The molecule has 2 heterocycles. The molecule has 2 aromatic carbocycles. The summed E-state index contributed by atoms with van der Waals surface area (Å²) < 4.78 is 11.0. The van der Waals surface area contributed by atoms with E-state index in [1.54, 1.807) is 7.11 Å². The van der Waals surface area contributed by atoms with E-state index in [2.05, 4.69) is 41.0 Å². The Hall–Kier alpha value is -2.83. The Morgan fingerprint density at radius 3 is 2.47 bits per heavy atom. The van der Waals surface area contributed by atoms with E-state index in [9.17, 15) is 5.11 Å². The highest BCUT2D eigenvalue weighted by molar-refractivity contribution is 5.83. The summed E-state index contributed by atoms with van der Waals surface area (Å²) >= 11 is 0. The lowest BCUT2D eigenvalue weighted by Gasteiger charge is -2.36. The minimum absolute atomic E-state index is 0.242. The van der Waals surface area contributed by atoms with Crippen molar-refractivity contribution in [2.75, 3.05) is 51.3 Å². The third-order valence-corrected chi connectivity index (χ3v) is 5.58. The lowest BCUT2D eigenvalue weighted by Crippen LogP contribution is -2.49. The second-order valence-corrected chi connectivity index (χ2v) is 7.72. The lowest BCUT2D eigenvalue weighted by atomic mass is 10.1. The average molecular weight is 408 g/mol. The van der Waals surface area contributed by atoms with Crippen LogP contribution in [0.15, 0.2) is 54.6 Å². The summed E-state index contributed by atoms with van der Waals surface area (Å²) in [5.41, 5.74) is 2.29. The summed E-state index contributed by atoms with van der Waals surface area (Å²) in [6, 6.07) is 17.9. The molecule has 0 radical (unpaired) electrons. The van der Waals surface area contributed by atoms with Crippen LogP contribution in [-0.4, -0.2) is 67.5 Å². The molecule has 0 amide bonds. The Balaban J connectivity index is 1.29. The highest BCUT2D eigenvalue weighted by Gasteiger charge is 2.21. The fourth-order valence-corrected chi connectivity index (χ4v) is 3.93. The minimum atomic E-state index is -0.553. The number of benzene rings is 2. The quantitative estimate of drug-likeness (QED) is 0.650. The van der Waals surface area contributed by atoms with Gasteiger partial charge >= 0.3 is 0 Å². The fourth-order valence-electron chi connectivity index (χ4n) is 3.93. The number of hydrogen-bond donors (Lipinski definition) is 1. The van der Waals surface area contributed by atoms with Crippen LogP contribution in [0.25, 0.3) is 10.9 Å². The van der Waals surface area contributed by atoms with Crippen LogP contribution in [0.3, 0.4) is 0 Å². The number of ether oxygens (including phenoxy) is 2. The summed E-state index contributed by atoms with van der Waals surface area (Å²) in [6.07, 6.45) is -0.553. The van der Waals surface area contributed by atoms with E-state index in [1.165, 1.54) is 10.9 Å². The van der Waals surface area contributed by atoms with E-state index in [0.29, 0.717) is 18.0 Å². The molecule has 0 spiro atoms. The molecule has 3 aromatic rings. The van der Waals surface area contributed by atoms with Crippen LogP contribution < -0.4 is 14.4 Å². The highest BCUT2D eigenvalue weighted by atomic mass is 16.5. The van der Waals surface area contributed by atoms with Crippen LogP contribution in [0, 0.1) is 6.92 Å². The fraction of sp³-hybridized carbons (Fsp3) is 0.375. The van der Waals surface area contributed by atoms with Crippen molar-refractivity contribution in [1.29, 1.82) is 0 Å². The van der Waals surface area contributed by atoms with E-state index in [4.69, 9.17) is 14.5 Å². The number of aliphatic hydroxyl groups is 1. The summed E-state index contributed by atoms with van der Waals surface area (Å²) in [5, 5.41) is 11.6. The summed E-state index contributed by atoms with van der Waals surface area (Å²) in [7, 11) is 1.62. The number of pyridine rings is 1. The molecule has 6 nitrogen and oxygen atoms in total. The number of hydrogen-bond acceptors (Lipinski definition) is 6. The normalized spacial score (nSPS) is 15.9. The number of anilines is 1. The van der Waals surface area contributed by atoms with Gasteiger partial charge in [0.1, 0.15) is 18.5 Å². The van der Waals surface area contributed by atoms with Gasteiger partial charge in [-0.25, -0.2) is 4.98 Å². The lowest BCUT2D eigenvalue weighted by molar-refractivity contribution is 0.0653. The molecule has 30 heavy (non-hydrogen) atoms. The minimum Gasteiger partial charge on any atom is -0.493 e.